The number of hydrogen-bond acceptors (Lipinski definition) is 6. The smallest absolute Gasteiger partial charge is 0.145 e. The van der Waals surface area contributed by atoms with E-state index in [4.69, 9.17) is 10.6 Å². The number of hydrogen-bond donors (Lipinski definition) is 3. The maximum Gasteiger partial charge on any atom is 0.145 e. The topological polar surface area (TPSA) is 85.1 Å². The lowest BCUT2D eigenvalue weighted by Gasteiger charge is -2.23. The summed E-state index contributed by atoms with van der Waals surface area (Å²) in [6.45, 7) is 9.79. The Labute approximate surface area is 121 Å². The van der Waals surface area contributed by atoms with E-state index in [1.54, 1.807) is 0 Å². The Morgan fingerprint density at radius 3 is 2.50 bits per heavy atom. The van der Waals surface area contributed by atoms with Crippen LogP contribution in [0.2, 0.25) is 0 Å². The van der Waals surface area contributed by atoms with Gasteiger partial charge >= 0.3 is 0 Å². The van der Waals surface area contributed by atoms with Crippen molar-refractivity contribution in [1.82, 2.24) is 9.97 Å². The fraction of sp³-hybridized carbons (Fsp3) is 0.714. The van der Waals surface area contributed by atoms with Crippen molar-refractivity contribution in [3.8, 4) is 0 Å². The van der Waals surface area contributed by atoms with Crippen molar-refractivity contribution in [3.63, 3.8) is 0 Å². The van der Waals surface area contributed by atoms with Gasteiger partial charge in [0.2, 0.25) is 0 Å². The molecule has 0 amide bonds. The molecular formula is C14H27N5O. The molecule has 114 valence electrons. The first-order chi connectivity index (χ1) is 9.60. The molecule has 0 aliphatic heterocycles. The van der Waals surface area contributed by atoms with Gasteiger partial charge in [-0.3, -0.25) is 0 Å². The van der Waals surface area contributed by atoms with Gasteiger partial charge in [0.25, 0.3) is 0 Å². The van der Waals surface area contributed by atoms with E-state index in [-0.39, 0.29) is 6.04 Å². The number of rotatable bonds is 9. The van der Waals surface area contributed by atoms with Crippen molar-refractivity contribution in [2.45, 2.75) is 46.6 Å². The van der Waals surface area contributed by atoms with Crippen LogP contribution in [0.3, 0.4) is 0 Å². The molecule has 20 heavy (non-hydrogen) atoms. The van der Waals surface area contributed by atoms with E-state index >= 15 is 0 Å². The summed E-state index contributed by atoms with van der Waals surface area (Å²) in [4.78, 5) is 8.87. The largest absolute Gasteiger partial charge is 0.380 e. The minimum Gasteiger partial charge on any atom is -0.380 e. The summed E-state index contributed by atoms with van der Waals surface area (Å²) in [5.74, 6) is 8.12. The van der Waals surface area contributed by atoms with Crippen LogP contribution in [0.5, 0.6) is 0 Å². The number of hydrazine groups is 1. The minimum absolute atomic E-state index is 0.213. The summed E-state index contributed by atoms with van der Waals surface area (Å²) in [6, 6.07) is 2.03. The highest BCUT2D eigenvalue weighted by molar-refractivity contribution is 5.47. The van der Waals surface area contributed by atoms with Crippen LogP contribution in [-0.2, 0) is 11.2 Å². The van der Waals surface area contributed by atoms with Gasteiger partial charge in [-0.05, 0) is 19.3 Å². The lowest BCUT2D eigenvalue weighted by Crippen LogP contribution is -2.31. The molecule has 1 rings (SSSR count). The Kier molecular flexibility index (Phi) is 7.25. The second-order valence-corrected chi connectivity index (χ2v) is 5.10. The van der Waals surface area contributed by atoms with E-state index in [0.29, 0.717) is 24.9 Å². The van der Waals surface area contributed by atoms with Gasteiger partial charge in [-0.2, -0.15) is 0 Å². The van der Waals surface area contributed by atoms with Crippen LogP contribution in [0.1, 0.15) is 39.9 Å². The number of anilines is 2. The van der Waals surface area contributed by atoms with Gasteiger partial charge in [-0.25, -0.2) is 15.8 Å². The van der Waals surface area contributed by atoms with E-state index < -0.39 is 0 Å². The van der Waals surface area contributed by atoms with Crippen molar-refractivity contribution in [3.05, 3.63) is 11.9 Å². The maximum absolute atomic E-state index is 5.52. The number of nitrogens with one attached hydrogen (secondary N) is 2. The molecule has 0 spiro atoms. The first-order valence-corrected chi connectivity index (χ1v) is 7.29. The second kappa shape index (κ2) is 8.71. The normalized spacial score (nSPS) is 12.5. The Bertz CT molecular complexity index is 397. The lowest BCUT2D eigenvalue weighted by molar-refractivity contribution is 0.126. The van der Waals surface area contributed by atoms with E-state index in [9.17, 15) is 0 Å². The molecule has 6 nitrogen and oxygen atoms in total. The predicted octanol–water partition coefficient (Wildman–Crippen LogP) is 2.19. The predicted molar refractivity (Wildman–Crippen MR) is 82.6 cm³/mol. The molecule has 0 bridgehead atoms. The number of nitrogen functional groups attached to an aromatic ring is 1. The fourth-order valence-electron chi connectivity index (χ4n) is 1.82. The molecule has 1 unspecified atom stereocenters. The first kappa shape index (κ1) is 16.7. The summed E-state index contributed by atoms with van der Waals surface area (Å²) < 4.78 is 5.52. The summed E-state index contributed by atoms with van der Waals surface area (Å²) in [5.41, 5.74) is 2.59. The SMILES string of the molecule is CCCc1nc(NN)cc(NC(COCC)C(C)C)n1. The van der Waals surface area contributed by atoms with Gasteiger partial charge in [0, 0.05) is 19.1 Å². The molecule has 4 N–H and O–H groups in total. The quantitative estimate of drug-likeness (QED) is 0.475. The third-order valence-electron chi connectivity index (χ3n) is 3.03. The molecule has 0 aromatic carbocycles. The molecule has 1 atom stereocenters. The number of aryl methyl sites for hydroxylation is 1. The average molecular weight is 281 g/mol. The Balaban J connectivity index is 2.84. The van der Waals surface area contributed by atoms with Crippen molar-refractivity contribution < 1.29 is 4.74 Å². The third kappa shape index (κ3) is 5.30. The average Bonchev–Trinajstić information content (AvgIpc) is 2.43. The van der Waals surface area contributed by atoms with E-state index in [1.807, 2.05) is 13.0 Å². The molecule has 1 aromatic rings. The van der Waals surface area contributed by atoms with Crippen LogP contribution in [0.4, 0.5) is 11.6 Å². The van der Waals surface area contributed by atoms with Gasteiger partial charge in [0.15, 0.2) is 0 Å². The summed E-state index contributed by atoms with van der Waals surface area (Å²) >= 11 is 0. The molecule has 0 aliphatic carbocycles. The summed E-state index contributed by atoms with van der Waals surface area (Å²) in [7, 11) is 0. The third-order valence-corrected chi connectivity index (χ3v) is 3.03. The van der Waals surface area contributed by atoms with Gasteiger partial charge < -0.3 is 15.5 Å². The monoisotopic (exact) mass is 281 g/mol. The van der Waals surface area contributed by atoms with E-state index in [0.717, 1.165) is 24.5 Å². The van der Waals surface area contributed by atoms with Crippen LogP contribution in [0.25, 0.3) is 0 Å². The van der Waals surface area contributed by atoms with Gasteiger partial charge in [0.05, 0.1) is 12.6 Å². The maximum atomic E-state index is 5.52. The molecule has 1 aromatic heterocycles. The highest BCUT2D eigenvalue weighted by Crippen LogP contribution is 2.15. The Hall–Kier alpha value is -1.40. The Morgan fingerprint density at radius 2 is 1.95 bits per heavy atom. The summed E-state index contributed by atoms with van der Waals surface area (Å²) in [5, 5.41) is 3.42. The molecule has 1 heterocycles. The standard InChI is InChI=1S/C14H27N5O/c1-5-7-12-17-13(8-14(18-12)19-15)16-11(10(3)4)9-20-6-2/h8,10-11H,5-7,9,15H2,1-4H3,(H2,16,17,18,19). The molecule has 0 saturated heterocycles. The van der Waals surface area contributed by atoms with Crippen molar-refractivity contribution in [1.29, 1.82) is 0 Å². The van der Waals surface area contributed by atoms with Crippen molar-refractivity contribution in [2.24, 2.45) is 11.8 Å². The van der Waals surface area contributed by atoms with Crippen LogP contribution in [0.15, 0.2) is 6.07 Å². The van der Waals surface area contributed by atoms with Gasteiger partial charge in [-0.15, -0.1) is 0 Å². The van der Waals surface area contributed by atoms with Crippen LogP contribution in [0, 0.1) is 5.92 Å². The minimum atomic E-state index is 0.213. The molecule has 0 fully saturated rings. The molecule has 0 saturated carbocycles. The lowest BCUT2D eigenvalue weighted by atomic mass is 10.1. The zero-order valence-corrected chi connectivity index (χ0v) is 12.9. The van der Waals surface area contributed by atoms with Crippen LogP contribution >= 0.6 is 0 Å². The number of nitrogens with two attached hydrogens (primary N) is 1. The molecular weight excluding hydrogens is 254 g/mol. The fourth-order valence-corrected chi connectivity index (χ4v) is 1.82. The van der Waals surface area contributed by atoms with E-state index in [2.05, 4.69) is 41.5 Å². The Morgan fingerprint density at radius 1 is 1.25 bits per heavy atom. The molecule has 0 aliphatic rings. The van der Waals surface area contributed by atoms with Crippen LogP contribution < -0.4 is 16.6 Å². The van der Waals surface area contributed by atoms with Gasteiger partial charge in [-0.1, -0.05) is 20.8 Å². The number of nitrogens with zero attached hydrogens (tertiary/aromatic N) is 2. The zero-order valence-electron chi connectivity index (χ0n) is 12.9. The highest BCUT2D eigenvalue weighted by atomic mass is 16.5. The van der Waals surface area contributed by atoms with Crippen molar-refractivity contribution in [2.75, 3.05) is 24.0 Å². The van der Waals surface area contributed by atoms with Crippen LogP contribution in [-0.4, -0.2) is 29.2 Å². The second-order valence-electron chi connectivity index (χ2n) is 5.10. The molecule has 6 heteroatoms. The first-order valence-electron chi connectivity index (χ1n) is 7.29. The number of ether oxygens (including phenoxy) is 1. The number of aromatic nitrogens is 2. The summed E-state index contributed by atoms with van der Waals surface area (Å²) in [6.07, 6.45) is 1.84. The van der Waals surface area contributed by atoms with E-state index in [1.165, 1.54) is 0 Å². The highest BCUT2D eigenvalue weighted by Gasteiger charge is 2.15. The zero-order chi connectivity index (χ0) is 15.0. The van der Waals surface area contributed by atoms with Gasteiger partial charge in [0.1, 0.15) is 17.5 Å². The molecule has 0 radical (unpaired) electrons. The van der Waals surface area contributed by atoms with Crippen molar-refractivity contribution >= 4 is 11.6 Å².